The predicted molar refractivity (Wildman–Crippen MR) is 80.8 cm³/mol. The lowest BCUT2D eigenvalue weighted by molar-refractivity contribution is 0.325. The van der Waals surface area contributed by atoms with Crippen LogP contribution in [0.1, 0.15) is 38.8 Å². The Bertz CT molecular complexity index is 564. The van der Waals surface area contributed by atoms with Gasteiger partial charge in [0, 0.05) is 19.1 Å². The molecule has 0 amide bonds. The van der Waals surface area contributed by atoms with Crippen molar-refractivity contribution in [2.24, 2.45) is 0 Å². The standard InChI is InChI=1S/C13H14N2O.C3H8.H2/c1-8-3-4-10-12(7-8)16-6-5-11-13(10)15-9(2)14-11;1-3-2;/h3-4,7H,5-6H2,1-2H3,(H,14,15);3H2,1-2H3;1H. The number of aromatic amines is 1. The quantitative estimate of drug-likeness (QED) is 0.767. The van der Waals surface area contributed by atoms with Gasteiger partial charge in [0.25, 0.3) is 0 Å². The summed E-state index contributed by atoms with van der Waals surface area (Å²) in [4.78, 5) is 7.85. The lowest BCUT2D eigenvalue weighted by Gasteiger charge is -2.07. The number of nitrogens with one attached hydrogen (secondary N) is 1. The van der Waals surface area contributed by atoms with Crippen molar-refractivity contribution in [3.05, 3.63) is 35.3 Å². The Hall–Kier alpha value is -1.77. The highest BCUT2D eigenvalue weighted by atomic mass is 16.5. The molecule has 19 heavy (non-hydrogen) atoms. The van der Waals surface area contributed by atoms with E-state index in [1.165, 1.54) is 17.7 Å². The summed E-state index contributed by atoms with van der Waals surface area (Å²) in [5.41, 5.74) is 4.54. The fraction of sp³-hybridized carbons (Fsp3) is 0.438. The number of H-pyrrole nitrogens is 1. The van der Waals surface area contributed by atoms with Crippen LogP contribution in [0.5, 0.6) is 5.75 Å². The molecule has 0 saturated heterocycles. The number of aromatic nitrogens is 2. The summed E-state index contributed by atoms with van der Waals surface area (Å²) in [5, 5.41) is 0. The molecule has 0 atom stereocenters. The molecule has 1 aliphatic rings. The number of aryl methyl sites for hydroxylation is 2. The molecule has 0 spiro atoms. The molecule has 0 radical (unpaired) electrons. The number of ether oxygens (including phenoxy) is 1. The molecular formula is C16H24N2O. The second-order valence-corrected chi connectivity index (χ2v) is 4.95. The Labute approximate surface area is 116 Å². The van der Waals surface area contributed by atoms with Gasteiger partial charge in [0.2, 0.25) is 0 Å². The Balaban J connectivity index is 0.000000462. The van der Waals surface area contributed by atoms with Gasteiger partial charge in [-0.1, -0.05) is 26.3 Å². The first kappa shape index (κ1) is 13.7. The van der Waals surface area contributed by atoms with Gasteiger partial charge in [-0.25, -0.2) is 4.98 Å². The van der Waals surface area contributed by atoms with Gasteiger partial charge < -0.3 is 9.72 Å². The minimum atomic E-state index is 0. The van der Waals surface area contributed by atoms with Crippen molar-refractivity contribution in [2.45, 2.75) is 40.5 Å². The van der Waals surface area contributed by atoms with Gasteiger partial charge in [-0.3, -0.25) is 0 Å². The normalized spacial score (nSPS) is 12.4. The number of nitrogens with zero attached hydrogens (tertiary/aromatic N) is 1. The summed E-state index contributed by atoms with van der Waals surface area (Å²) in [6.45, 7) is 9.03. The van der Waals surface area contributed by atoms with Gasteiger partial charge in [0.05, 0.1) is 12.3 Å². The zero-order valence-corrected chi connectivity index (χ0v) is 12.2. The average Bonchev–Trinajstić information content (AvgIpc) is 2.64. The molecule has 0 fully saturated rings. The molecule has 104 valence electrons. The Morgan fingerprint density at radius 2 is 2.05 bits per heavy atom. The lowest BCUT2D eigenvalue weighted by atomic mass is 10.1. The van der Waals surface area contributed by atoms with Crippen LogP contribution in [0.3, 0.4) is 0 Å². The van der Waals surface area contributed by atoms with Crippen molar-refractivity contribution in [1.82, 2.24) is 9.97 Å². The third-order valence-corrected chi connectivity index (χ3v) is 2.90. The van der Waals surface area contributed by atoms with E-state index < -0.39 is 0 Å². The summed E-state index contributed by atoms with van der Waals surface area (Å²) in [6.07, 6.45) is 2.14. The second-order valence-electron chi connectivity index (χ2n) is 4.95. The number of fused-ring (bicyclic) bond motifs is 3. The highest BCUT2D eigenvalue weighted by Gasteiger charge is 2.18. The van der Waals surface area contributed by atoms with E-state index in [9.17, 15) is 0 Å². The molecule has 3 nitrogen and oxygen atoms in total. The third kappa shape index (κ3) is 2.98. The number of benzene rings is 1. The summed E-state index contributed by atoms with van der Waals surface area (Å²) >= 11 is 0. The number of imidazole rings is 1. The summed E-state index contributed by atoms with van der Waals surface area (Å²) < 4.78 is 5.75. The van der Waals surface area contributed by atoms with Crippen molar-refractivity contribution in [1.29, 1.82) is 0 Å². The van der Waals surface area contributed by atoms with Crippen LogP contribution in [0.15, 0.2) is 18.2 Å². The average molecular weight is 260 g/mol. The number of hydrogen-bond donors (Lipinski definition) is 1. The monoisotopic (exact) mass is 260 g/mol. The van der Waals surface area contributed by atoms with Gasteiger partial charge >= 0.3 is 0 Å². The number of hydrogen-bond acceptors (Lipinski definition) is 2. The minimum absolute atomic E-state index is 0. The summed E-state index contributed by atoms with van der Waals surface area (Å²) in [6, 6.07) is 6.27. The van der Waals surface area contributed by atoms with Crippen LogP contribution in [-0.2, 0) is 6.42 Å². The van der Waals surface area contributed by atoms with E-state index in [1.54, 1.807) is 0 Å². The van der Waals surface area contributed by atoms with E-state index in [0.717, 1.165) is 29.3 Å². The van der Waals surface area contributed by atoms with Crippen molar-refractivity contribution < 1.29 is 6.16 Å². The van der Waals surface area contributed by atoms with E-state index in [1.807, 2.05) is 6.92 Å². The van der Waals surface area contributed by atoms with Crippen LogP contribution in [-0.4, -0.2) is 16.6 Å². The van der Waals surface area contributed by atoms with E-state index in [2.05, 4.69) is 48.9 Å². The Kier molecular flexibility index (Phi) is 4.25. The van der Waals surface area contributed by atoms with Crippen LogP contribution >= 0.6 is 0 Å². The molecule has 0 bridgehead atoms. The highest BCUT2D eigenvalue weighted by Crippen LogP contribution is 2.34. The number of rotatable bonds is 0. The first-order valence-corrected chi connectivity index (χ1v) is 6.95. The molecule has 2 aromatic rings. The van der Waals surface area contributed by atoms with Crippen molar-refractivity contribution >= 4 is 0 Å². The highest BCUT2D eigenvalue weighted by molar-refractivity contribution is 5.70. The van der Waals surface area contributed by atoms with Gasteiger partial charge in [-0.2, -0.15) is 0 Å². The van der Waals surface area contributed by atoms with E-state index in [-0.39, 0.29) is 1.43 Å². The van der Waals surface area contributed by atoms with Crippen molar-refractivity contribution in [2.75, 3.05) is 6.61 Å². The van der Waals surface area contributed by atoms with Crippen LogP contribution in [0.25, 0.3) is 11.3 Å². The second kappa shape index (κ2) is 5.91. The predicted octanol–water partition coefficient (Wildman–Crippen LogP) is 4.29. The first-order chi connectivity index (χ1) is 9.15. The summed E-state index contributed by atoms with van der Waals surface area (Å²) in [5.74, 6) is 1.92. The zero-order valence-electron chi connectivity index (χ0n) is 12.2. The van der Waals surface area contributed by atoms with Crippen molar-refractivity contribution in [3.63, 3.8) is 0 Å². The van der Waals surface area contributed by atoms with Crippen LogP contribution in [0, 0.1) is 13.8 Å². The SMILES string of the molecule is CCC.Cc1ccc2c(c1)OCCc1[nH]c(C)nc1-2.[HH]. The molecule has 1 aliphatic heterocycles. The van der Waals surface area contributed by atoms with Gasteiger partial charge in [0.15, 0.2) is 0 Å². The maximum atomic E-state index is 5.75. The van der Waals surface area contributed by atoms with Gasteiger partial charge in [0.1, 0.15) is 11.6 Å². The van der Waals surface area contributed by atoms with Crippen LogP contribution < -0.4 is 4.74 Å². The van der Waals surface area contributed by atoms with E-state index in [4.69, 9.17) is 4.74 Å². The molecule has 1 N–H and O–H groups in total. The molecule has 0 aliphatic carbocycles. The lowest BCUT2D eigenvalue weighted by Crippen LogP contribution is -1.99. The summed E-state index contributed by atoms with van der Waals surface area (Å²) in [7, 11) is 0. The van der Waals surface area contributed by atoms with Gasteiger partial charge in [-0.15, -0.1) is 0 Å². The molecule has 2 heterocycles. The van der Waals surface area contributed by atoms with E-state index in [0.29, 0.717) is 6.61 Å². The molecule has 3 rings (SSSR count). The van der Waals surface area contributed by atoms with Gasteiger partial charge in [-0.05, 0) is 31.5 Å². The molecule has 0 unspecified atom stereocenters. The molecular weight excluding hydrogens is 236 g/mol. The fourth-order valence-corrected chi connectivity index (χ4v) is 2.15. The zero-order chi connectivity index (χ0) is 13.8. The molecule has 0 saturated carbocycles. The topological polar surface area (TPSA) is 37.9 Å². The third-order valence-electron chi connectivity index (χ3n) is 2.90. The minimum Gasteiger partial charge on any atom is -0.492 e. The maximum absolute atomic E-state index is 5.75. The van der Waals surface area contributed by atoms with Crippen molar-refractivity contribution in [3.8, 4) is 17.0 Å². The molecule has 1 aromatic heterocycles. The smallest absolute Gasteiger partial charge is 0.129 e. The van der Waals surface area contributed by atoms with Crippen LogP contribution in [0.2, 0.25) is 0 Å². The van der Waals surface area contributed by atoms with E-state index >= 15 is 0 Å². The molecule has 3 heteroatoms. The first-order valence-electron chi connectivity index (χ1n) is 6.95. The molecule has 1 aromatic carbocycles. The maximum Gasteiger partial charge on any atom is 0.129 e. The Morgan fingerprint density at radius 3 is 2.79 bits per heavy atom. The van der Waals surface area contributed by atoms with Crippen LogP contribution in [0.4, 0.5) is 0 Å². The fourth-order valence-electron chi connectivity index (χ4n) is 2.15. The Morgan fingerprint density at radius 1 is 1.32 bits per heavy atom. The largest absolute Gasteiger partial charge is 0.492 e.